The zero-order valence-corrected chi connectivity index (χ0v) is 12.4. The number of rotatable bonds is 7. The molecule has 2 aromatic rings. The Morgan fingerprint density at radius 2 is 2.16 bits per heavy atom. The van der Waals surface area contributed by atoms with Gasteiger partial charge in [0.1, 0.15) is 5.58 Å². The molecule has 0 amide bonds. The summed E-state index contributed by atoms with van der Waals surface area (Å²) in [5.74, 6) is 0.548. The van der Waals surface area contributed by atoms with Gasteiger partial charge in [0.25, 0.3) is 0 Å². The Morgan fingerprint density at radius 3 is 2.89 bits per heavy atom. The van der Waals surface area contributed by atoms with Gasteiger partial charge in [0.2, 0.25) is 0 Å². The van der Waals surface area contributed by atoms with Crippen molar-refractivity contribution < 1.29 is 9.21 Å². The largest absolute Gasteiger partial charge is 0.452 e. The minimum atomic E-state index is 0.0849. The average molecular weight is 321 g/mol. The van der Waals surface area contributed by atoms with E-state index >= 15 is 0 Å². The van der Waals surface area contributed by atoms with E-state index in [1.807, 2.05) is 30.3 Å². The molecule has 1 heterocycles. The van der Waals surface area contributed by atoms with E-state index in [0.717, 1.165) is 41.1 Å². The van der Waals surface area contributed by atoms with Crippen LogP contribution >= 0.6 is 15.9 Å². The third-order valence-electron chi connectivity index (χ3n) is 3.08. The first kappa shape index (κ1) is 14.1. The fourth-order valence-corrected chi connectivity index (χ4v) is 2.50. The monoisotopic (exact) mass is 320 g/mol. The number of benzene rings is 1. The SMILES string of the molecule is C=CCCCCCC(=O)c1cc2cccc(Br)c2o1. The van der Waals surface area contributed by atoms with Gasteiger partial charge >= 0.3 is 0 Å². The van der Waals surface area contributed by atoms with Crippen LogP contribution in [0.1, 0.15) is 42.7 Å². The van der Waals surface area contributed by atoms with Gasteiger partial charge in [-0.25, -0.2) is 0 Å². The summed E-state index contributed by atoms with van der Waals surface area (Å²) in [5, 5.41) is 0.962. The fraction of sp³-hybridized carbons (Fsp3) is 0.312. The highest BCUT2D eigenvalue weighted by Crippen LogP contribution is 2.27. The number of halogens is 1. The van der Waals surface area contributed by atoms with Crippen LogP contribution in [0.3, 0.4) is 0 Å². The molecule has 19 heavy (non-hydrogen) atoms. The van der Waals surface area contributed by atoms with Crippen molar-refractivity contribution in [2.24, 2.45) is 0 Å². The Bertz CT molecular complexity index is 583. The standard InChI is InChI=1S/C16H17BrO2/c1-2-3-4-5-6-10-14(18)15-11-12-8-7-9-13(17)16(12)19-15/h2,7-9,11H,1,3-6,10H2. The molecule has 0 saturated heterocycles. The van der Waals surface area contributed by atoms with Crippen molar-refractivity contribution >= 4 is 32.7 Å². The van der Waals surface area contributed by atoms with Gasteiger partial charge in [-0.15, -0.1) is 6.58 Å². The summed E-state index contributed by atoms with van der Waals surface area (Å²) in [6.45, 7) is 3.69. The number of Topliss-reactive ketones (excluding diaryl/α,β-unsaturated/α-hetero) is 1. The summed E-state index contributed by atoms with van der Waals surface area (Å²) in [6.07, 6.45) is 6.55. The lowest BCUT2D eigenvalue weighted by molar-refractivity contribution is 0.0954. The molecule has 2 nitrogen and oxygen atoms in total. The summed E-state index contributed by atoms with van der Waals surface area (Å²) < 4.78 is 6.51. The Morgan fingerprint density at radius 1 is 1.32 bits per heavy atom. The van der Waals surface area contributed by atoms with E-state index in [1.54, 1.807) is 0 Å². The fourth-order valence-electron chi connectivity index (χ4n) is 2.04. The molecule has 0 fully saturated rings. The van der Waals surface area contributed by atoms with E-state index in [9.17, 15) is 4.79 Å². The second-order valence-electron chi connectivity index (χ2n) is 4.58. The lowest BCUT2D eigenvalue weighted by Crippen LogP contribution is -1.96. The summed E-state index contributed by atoms with van der Waals surface area (Å²) in [4.78, 5) is 12.0. The number of hydrogen-bond acceptors (Lipinski definition) is 2. The van der Waals surface area contributed by atoms with Crippen molar-refractivity contribution in [3.05, 3.63) is 47.2 Å². The Hall–Kier alpha value is -1.35. The van der Waals surface area contributed by atoms with Crippen molar-refractivity contribution in [2.75, 3.05) is 0 Å². The van der Waals surface area contributed by atoms with Gasteiger partial charge < -0.3 is 4.42 Å². The van der Waals surface area contributed by atoms with Crippen molar-refractivity contribution in [1.29, 1.82) is 0 Å². The molecular weight excluding hydrogens is 304 g/mol. The molecule has 3 heteroatoms. The Kier molecular flexibility index (Phi) is 4.97. The molecule has 1 aromatic carbocycles. The first-order valence-corrected chi connectivity index (χ1v) is 7.34. The molecule has 0 spiro atoms. The lowest BCUT2D eigenvalue weighted by Gasteiger charge is -1.97. The average Bonchev–Trinajstić information content (AvgIpc) is 2.84. The van der Waals surface area contributed by atoms with E-state index < -0.39 is 0 Å². The van der Waals surface area contributed by atoms with Gasteiger partial charge in [-0.1, -0.05) is 24.6 Å². The van der Waals surface area contributed by atoms with Crippen molar-refractivity contribution in [3.8, 4) is 0 Å². The highest BCUT2D eigenvalue weighted by atomic mass is 79.9. The number of hydrogen-bond donors (Lipinski definition) is 0. The number of unbranched alkanes of at least 4 members (excludes halogenated alkanes) is 3. The molecule has 0 bridgehead atoms. The minimum absolute atomic E-state index is 0.0849. The maximum atomic E-state index is 12.0. The van der Waals surface area contributed by atoms with Crippen molar-refractivity contribution in [2.45, 2.75) is 32.1 Å². The number of furan rings is 1. The first-order chi connectivity index (χ1) is 9.22. The third kappa shape index (κ3) is 3.57. The molecule has 0 aliphatic carbocycles. The number of carbonyl (C=O) groups is 1. The van der Waals surface area contributed by atoms with Crippen LogP contribution in [0.5, 0.6) is 0 Å². The van der Waals surface area contributed by atoms with Crippen LogP contribution in [0.25, 0.3) is 11.0 Å². The van der Waals surface area contributed by atoms with Gasteiger partial charge in [-0.3, -0.25) is 4.79 Å². The van der Waals surface area contributed by atoms with Crippen LogP contribution in [0, 0.1) is 0 Å². The first-order valence-electron chi connectivity index (χ1n) is 6.54. The molecule has 2 rings (SSSR count). The highest BCUT2D eigenvalue weighted by molar-refractivity contribution is 9.10. The third-order valence-corrected chi connectivity index (χ3v) is 3.71. The van der Waals surface area contributed by atoms with Crippen molar-refractivity contribution in [1.82, 2.24) is 0 Å². The lowest BCUT2D eigenvalue weighted by atomic mass is 10.1. The molecule has 0 aliphatic heterocycles. The molecule has 0 aliphatic rings. The number of para-hydroxylation sites is 1. The molecule has 0 unspecified atom stereocenters. The summed E-state index contributed by atoms with van der Waals surface area (Å²) in [7, 11) is 0. The zero-order valence-electron chi connectivity index (χ0n) is 10.8. The Labute approximate surface area is 121 Å². The second kappa shape index (κ2) is 6.71. The smallest absolute Gasteiger partial charge is 0.198 e. The van der Waals surface area contributed by atoms with Gasteiger partial charge in [0.15, 0.2) is 11.5 Å². The predicted octanol–water partition coefficient (Wildman–Crippen LogP) is 5.51. The number of ketones is 1. The van der Waals surface area contributed by atoms with Crippen LogP contribution in [0.2, 0.25) is 0 Å². The van der Waals surface area contributed by atoms with Crippen molar-refractivity contribution in [3.63, 3.8) is 0 Å². The quantitative estimate of drug-likeness (QED) is 0.382. The predicted molar refractivity (Wildman–Crippen MR) is 81.5 cm³/mol. The van der Waals surface area contributed by atoms with E-state index in [4.69, 9.17) is 4.42 Å². The Balaban J connectivity index is 1.97. The van der Waals surface area contributed by atoms with E-state index in [2.05, 4.69) is 22.5 Å². The van der Waals surface area contributed by atoms with Crippen LogP contribution in [0.15, 0.2) is 45.8 Å². The van der Waals surface area contributed by atoms with E-state index in [1.165, 1.54) is 0 Å². The maximum Gasteiger partial charge on any atom is 0.198 e. The molecule has 0 radical (unpaired) electrons. The molecule has 1 aromatic heterocycles. The summed E-state index contributed by atoms with van der Waals surface area (Å²) in [6, 6.07) is 7.62. The summed E-state index contributed by atoms with van der Waals surface area (Å²) in [5.41, 5.74) is 0.748. The number of fused-ring (bicyclic) bond motifs is 1. The van der Waals surface area contributed by atoms with Gasteiger partial charge in [-0.2, -0.15) is 0 Å². The van der Waals surface area contributed by atoms with Crippen LogP contribution in [0.4, 0.5) is 0 Å². The minimum Gasteiger partial charge on any atom is -0.452 e. The maximum absolute atomic E-state index is 12.0. The molecular formula is C16H17BrO2. The molecule has 100 valence electrons. The second-order valence-corrected chi connectivity index (χ2v) is 5.43. The summed E-state index contributed by atoms with van der Waals surface area (Å²) >= 11 is 3.43. The zero-order chi connectivity index (χ0) is 13.7. The molecule has 0 atom stereocenters. The van der Waals surface area contributed by atoms with E-state index in [0.29, 0.717) is 12.2 Å². The topological polar surface area (TPSA) is 30.2 Å². The number of carbonyl (C=O) groups excluding carboxylic acids is 1. The van der Waals surface area contributed by atoms with Gasteiger partial charge in [-0.05, 0) is 47.3 Å². The van der Waals surface area contributed by atoms with E-state index in [-0.39, 0.29) is 5.78 Å². The molecule has 0 N–H and O–H groups in total. The highest BCUT2D eigenvalue weighted by Gasteiger charge is 2.13. The number of allylic oxidation sites excluding steroid dienone is 1. The van der Waals surface area contributed by atoms with Crippen LogP contribution in [-0.2, 0) is 0 Å². The molecule has 0 saturated carbocycles. The van der Waals surface area contributed by atoms with Gasteiger partial charge in [0.05, 0.1) is 4.47 Å². The van der Waals surface area contributed by atoms with Crippen LogP contribution in [-0.4, -0.2) is 5.78 Å². The van der Waals surface area contributed by atoms with Gasteiger partial charge in [0, 0.05) is 11.8 Å². The van der Waals surface area contributed by atoms with Crippen LogP contribution < -0.4 is 0 Å². The normalized spacial score (nSPS) is 10.8.